The zero-order valence-electron chi connectivity index (χ0n) is 10.3. The summed E-state index contributed by atoms with van der Waals surface area (Å²) in [7, 11) is 0. The van der Waals surface area contributed by atoms with E-state index < -0.39 is 0 Å². The minimum absolute atomic E-state index is 0.118. The van der Waals surface area contributed by atoms with Crippen molar-refractivity contribution in [3.05, 3.63) is 42.2 Å². The standard InChI is InChI=1S/C14H18N2O/c1-11(2)12-3-5-13(6-4-12)14-9-15-16(10-14)7-8-17/h3-6,9-11,17H,7-8H2,1-2H3. The number of aliphatic hydroxyl groups excluding tert-OH is 1. The van der Waals surface area contributed by atoms with Gasteiger partial charge in [0.15, 0.2) is 0 Å². The molecule has 2 rings (SSSR count). The Bertz CT molecular complexity index is 471. The van der Waals surface area contributed by atoms with Crippen molar-refractivity contribution in [1.82, 2.24) is 9.78 Å². The number of benzene rings is 1. The molecule has 0 saturated heterocycles. The molecule has 0 aliphatic rings. The summed E-state index contributed by atoms with van der Waals surface area (Å²) < 4.78 is 1.76. The molecule has 0 spiro atoms. The molecule has 0 bridgehead atoms. The maximum atomic E-state index is 8.84. The van der Waals surface area contributed by atoms with Crippen molar-refractivity contribution in [1.29, 1.82) is 0 Å². The maximum absolute atomic E-state index is 8.84. The van der Waals surface area contributed by atoms with Crippen molar-refractivity contribution in [2.45, 2.75) is 26.3 Å². The summed E-state index contributed by atoms with van der Waals surface area (Å²) in [5, 5.41) is 13.0. The molecule has 90 valence electrons. The average molecular weight is 230 g/mol. The van der Waals surface area contributed by atoms with Crippen molar-refractivity contribution in [3.63, 3.8) is 0 Å². The van der Waals surface area contributed by atoms with Gasteiger partial charge < -0.3 is 5.11 Å². The zero-order chi connectivity index (χ0) is 12.3. The monoisotopic (exact) mass is 230 g/mol. The van der Waals surface area contributed by atoms with E-state index in [-0.39, 0.29) is 6.61 Å². The lowest BCUT2D eigenvalue weighted by molar-refractivity contribution is 0.269. The number of nitrogens with zero attached hydrogens (tertiary/aromatic N) is 2. The Morgan fingerprint density at radius 2 is 1.88 bits per heavy atom. The molecule has 0 radical (unpaired) electrons. The molecule has 0 aliphatic heterocycles. The second-order valence-corrected chi connectivity index (χ2v) is 4.49. The van der Waals surface area contributed by atoms with Crippen LogP contribution in [0.2, 0.25) is 0 Å². The third kappa shape index (κ3) is 2.74. The molecule has 0 aliphatic carbocycles. The largest absolute Gasteiger partial charge is 0.394 e. The van der Waals surface area contributed by atoms with Gasteiger partial charge in [-0.2, -0.15) is 5.10 Å². The average Bonchev–Trinajstić information content (AvgIpc) is 2.78. The molecule has 3 heteroatoms. The number of rotatable bonds is 4. The van der Waals surface area contributed by atoms with Crippen LogP contribution in [0.3, 0.4) is 0 Å². The summed E-state index contributed by atoms with van der Waals surface area (Å²) in [6.07, 6.45) is 3.79. The van der Waals surface area contributed by atoms with Crippen LogP contribution in [-0.2, 0) is 6.54 Å². The smallest absolute Gasteiger partial charge is 0.0641 e. The quantitative estimate of drug-likeness (QED) is 0.877. The fourth-order valence-corrected chi connectivity index (χ4v) is 1.80. The molecule has 0 fully saturated rings. The van der Waals surface area contributed by atoms with Crippen LogP contribution in [0.5, 0.6) is 0 Å². The van der Waals surface area contributed by atoms with Crippen LogP contribution in [0, 0.1) is 0 Å². The summed E-state index contributed by atoms with van der Waals surface area (Å²) in [5.74, 6) is 0.557. The summed E-state index contributed by atoms with van der Waals surface area (Å²) in [5.41, 5.74) is 3.60. The van der Waals surface area contributed by atoms with Gasteiger partial charge in [-0.05, 0) is 17.0 Å². The van der Waals surface area contributed by atoms with E-state index >= 15 is 0 Å². The Kier molecular flexibility index (Phi) is 3.59. The first-order chi connectivity index (χ1) is 8.20. The fourth-order valence-electron chi connectivity index (χ4n) is 1.80. The van der Waals surface area contributed by atoms with E-state index in [0.717, 1.165) is 5.56 Å². The van der Waals surface area contributed by atoms with Crippen molar-refractivity contribution in [2.24, 2.45) is 0 Å². The van der Waals surface area contributed by atoms with Crippen molar-refractivity contribution in [3.8, 4) is 11.1 Å². The van der Waals surface area contributed by atoms with E-state index in [1.54, 1.807) is 4.68 Å². The Labute approximate surface area is 102 Å². The summed E-state index contributed by atoms with van der Waals surface area (Å²) in [6.45, 7) is 5.04. The molecule has 3 nitrogen and oxygen atoms in total. The predicted molar refractivity (Wildman–Crippen MR) is 68.8 cm³/mol. The molecular weight excluding hydrogens is 212 g/mol. The first-order valence-electron chi connectivity index (χ1n) is 5.94. The minimum Gasteiger partial charge on any atom is -0.394 e. The highest BCUT2D eigenvalue weighted by atomic mass is 16.3. The van der Waals surface area contributed by atoms with Gasteiger partial charge in [0.1, 0.15) is 0 Å². The molecule has 1 aromatic carbocycles. The van der Waals surface area contributed by atoms with Gasteiger partial charge >= 0.3 is 0 Å². The van der Waals surface area contributed by atoms with Gasteiger partial charge in [0, 0.05) is 11.8 Å². The Morgan fingerprint density at radius 1 is 1.18 bits per heavy atom. The highest BCUT2D eigenvalue weighted by molar-refractivity contribution is 5.62. The molecule has 0 atom stereocenters. The van der Waals surface area contributed by atoms with Gasteiger partial charge in [-0.1, -0.05) is 38.1 Å². The van der Waals surface area contributed by atoms with E-state index in [0.29, 0.717) is 12.5 Å². The summed E-state index contributed by atoms with van der Waals surface area (Å²) >= 11 is 0. The highest BCUT2D eigenvalue weighted by Gasteiger charge is 2.03. The second kappa shape index (κ2) is 5.15. The lowest BCUT2D eigenvalue weighted by Gasteiger charge is -2.05. The number of hydrogen-bond donors (Lipinski definition) is 1. The van der Waals surface area contributed by atoms with Crippen LogP contribution in [0.1, 0.15) is 25.3 Å². The van der Waals surface area contributed by atoms with E-state index in [4.69, 9.17) is 5.11 Å². The van der Waals surface area contributed by atoms with Crippen LogP contribution in [0.15, 0.2) is 36.7 Å². The van der Waals surface area contributed by atoms with Gasteiger partial charge in [-0.3, -0.25) is 4.68 Å². The van der Waals surface area contributed by atoms with Crippen molar-refractivity contribution in [2.75, 3.05) is 6.61 Å². The summed E-state index contributed by atoms with van der Waals surface area (Å²) in [4.78, 5) is 0. The van der Waals surface area contributed by atoms with Crippen molar-refractivity contribution >= 4 is 0 Å². The van der Waals surface area contributed by atoms with Crippen LogP contribution in [-0.4, -0.2) is 21.5 Å². The molecule has 2 aromatic rings. The zero-order valence-corrected chi connectivity index (χ0v) is 10.3. The number of aliphatic hydroxyl groups is 1. The topological polar surface area (TPSA) is 38.0 Å². The van der Waals surface area contributed by atoms with Crippen LogP contribution >= 0.6 is 0 Å². The SMILES string of the molecule is CC(C)c1ccc(-c2cnn(CCO)c2)cc1. The lowest BCUT2D eigenvalue weighted by Crippen LogP contribution is -2.01. The molecule has 0 unspecified atom stereocenters. The van der Waals surface area contributed by atoms with Gasteiger partial charge in [-0.25, -0.2) is 0 Å². The molecule has 1 N–H and O–H groups in total. The molecule has 0 saturated carbocycles. The van der Waals surface area contributed by atoms with Crippen LogP contribution in [0.4, 0.5) is 0 Å². The Hall–Kier alpha value is -1.61. The van der Waals surface area contributed by atoms with Gasteiger partial charge in [-0.15, -0.1) is 0 Å². The highest BCUT2D eigenvalue weighted by Crippen LogP contribution is 2.22. The van der Waals surface area contributed by atoms with Gasteiger partial charge in [0.2, 0.25) is 0 Å². The lowest BCUT2D eigenvalue weighted by atomic mass is 10.0. The Balaban J connectivity index is 2.21. The first kappa shape index (κ1) is 11.9. The minimum atomic E-state index is 0.118. The predicted octanol–water partition coefficient (Wildman–Crippen LogP) is 2.67. The molecule has 17 heavy (non-hydrogen) atoms. The second-order valence-electron chi connectivity index (χ2n) is 4.49. The van der Waals surface area contributed by atoms with Crippen LogP contribution in [0.25, 0.3) is 11.1 Å². The molecule has 1 aromatic heterocycles. The van der Waals surface area contributed by atoms with E-state index in [1.807, 2.05) is 12.4 Å². The van der Waals surface area contributed by atoms with Crippen LogP contribution < -0.4 is 0 Å². The number of hydrogen-bond acceptors (Lipinski definition) is 2. The van der Waals surface area contributed by atoms with Crippen molar-refractivity contribution < 1.29 is 5.11 Å². The van der Waals surface area contributed by atoms with E-state index in [9.17, 15) is 0 Å². The fraction of sp³-hybridized carbons (Fsp3) is 0.357. The third-order valence-corrected chi connectivity index (χ3v) is 2.87. The number of aromatic nitrogens is 2. The van der Waals surface area contributed by atoms with Gasteiger partial charge in [0.25, 0.3) is 0 Å². The first-order valence-corrected chi connectivity index (χ1v) is 5.94. The van der Waals surface area contributed by atoms with E-state index in [1.165, 1.54) is 11.1 Å². The molecule has 0 amide bonds. The summed E-state index contributed by atoms with van der Waals surface area (Å²) in [6, 6.07) is 8.55. The van der Waals surface area contributed by atoms with Gasteiger partial charge in [0.05, 0.1) is 19.3 Å². The maximum Gasteiger partial charge on any atom is 0.0641 e. The third-order valence-electron chi connectivity index (χ3n) is 2.87. The normalized spacial score (nSPS) is 11.1. The van der Waals surface area contributed by atoms with E-state index in [2.05, 4.69) is 43.2 Å². The molecule has 1 heterocycles. The Morgan fingerprint density at radius 3 is 2.47 bits per heavy atom. The molecular formula is C14H18N2O.